The lowest BCUT2D eigenvalue weighted by Gasteiger charge is -2.37. The van der Waals surface area contributed by atoms with Gasteiger partial charge in [-0.3, -0.25) is 0 Å². The molecule has 0 heterocycles. The van der Waals surface area contributed by atoms with Gasteiger partial charge in [-0.05, 0) is 148 Å². The van der Waals surface area contributed by atoms with E-state index in [4.69, 9.17) is 0 Å². The molecule has 8 aromatic carbocycles. The molecule has 0 N–H and O–H groups in total. The Kier molecular flexibility index (Phi) is 8.77. The number of anilines is 6. The summed E-state index contributed by atoms with van der Waals surface area (Å²) in [6, 6.07) is 41.1. The second-order valence-electron chi connectivity index (χ2n) is 16.3. The predicted octanol–water partition coefficient (Wildman–Crippen LogP) is 15.9. The van der Waals surface area contributed by atoms with E-state index in [1.807, 2.05) is 65.6 Å². The standard InChI is InChI=1S/C50H40F6N2/c1-30(2)40-29-44(58(35-13-9-6-10-14-35)37-21-17-33(18-22-37)50(54,55)56)41-28-42-45-31(25-26-48(42,3)4)27-43(39-24-23-38(40)46(41)47(39)45)57(34-11-7-5-8-12-34)36-19-15-32(16-20-36)49(51,52)53/h5-24,27-30H,25-26H2,1-4H3. The molecule has 58 heavy (non-hydrogen) atoms. The van der Waals surface area contributed by atoms with Crippen molar-refractivity contribution in [2.45, 2.75) is 64.2 Å². The van der Waals surface area contributed by atoms with Gasteiger partial charge in [0.15, 0.2) is 0 Å². The van der Waals surface area contributed by atoms with Crippen molar-refractivity contribution in [3.05, 3.63) is 167 Å². The number of rotatable bonds is 7. The van der Waals surface area contributed by atoms with Crippen molar-refractivity contribution in [2.75, 3.05) is 9.80 Å². The summed E-state index contributed by atoms with van der Waals surface area (Å²) in [6.45, 7) is 8.82. The van der Waals surface area contributed by atoms with E-state index in [2.05, 4.69) is 62.9 Å². The molecular formula is C50H40F6N2. The molecule has 0 amide bonds. The summed E-state index contributed by atoms with van der Waals surface area (Å²) in [4.78, 5) is 4.10. The fraction of sp³-hybridized carbons (Fsp3) is 0.200. The van der Waals surface area contributed by atoms with Crippen molar-refractivity contribution >= 4 is 66.4 Å². The average Bonchev–Trinajstić information content (AvgIpc) is 3.20. The molecule has 0 fully saturated rings. The van der Waals surface area contributed by atoms with Crippen molar-refractivity contribution in [3.63, 3.8) is 0 Å². The number of halogens is 6. The molecule has 0 saturated heterocycles. The normalized spacial score (nSPS) is 14.2. The van der Waals surface area contributed by atoms with Gasteiger partial charge < -0.3 is 9.80 Å². The number of nitrogens with zero attached hydrogens (tertiary/aromatic N) is 2. The first kappa shape index (κ1) is 37.6. The Labute approximate surface area is 333 Å². The molecular weight excluding hydrogens is 743 g/mol. The zero-order chi connectivity index (χ0) is 40.7. The number of hydrogen-bond donors (Lipinski definition) is 0. The van der Waals surface area contributed by atoms with Crippen LogP contribution in [0, 0.1) is 0 Å². The summed E-state index contributed by atoms with van der Waals surface area (Å²) in [6.07, 6.45) is -7.28. The highest BCUT2D eigenvalue weighted by atomic mass is 19.4. The van der Waals surface area contributed by atoms with Crippen molar-refractivity contribution in [3.8, 4) is 0 Å². The van der Waals surface area contributed by atoms with Crippen LogP contribution in [0.2, 0.25) is 0 Å². The van der Waals surface area contributed by atoms with E-state index in [0.29, 0.717) is 11.4 Å². The maximum Gasteiger partial charge on any atom is 0.416 e. The zero-order valence-electron chi connectivity index (χ0n) is 32.4. The Hall–Kier alpha value is -6.02. The summed E-state index contributed by atoms with van der Waals surface area (Å²) >= 11 is 0. The minimum atomic E-state index is -4.48. The molecule has 9 rings (SSSR count). The molecule has 0 radical (unpaired) electrons. The first-order valence-corrected chi connectivity index (χ1v) is 19.5. The van der Waals surface area contributed by atoms with Gasteiger partial charge in [0, 0.05) is 38.9 Å². The lowest BCUT2D eigenvalue weighted by Crippen LogP contribution is -2.24. The molecule has 0 bridgehead atoms. The summed E-state index contributed by atoms with van der Waals surface area (Å²) in [5, 5.41) is 6.30. The second kappa shape index (κ2) is 13.5. The van der Waals surface area contributed by atoms with E-state index in [0.717, 1.165) is 92.4 Å². The Balaban J connectivity index is 1.41. The first-order chi connectivity index (χ1) is 27.6. The molecule has 0 unspecified atom stereocenters. The highest BCUT2D eigenvalue weighted by molar-refractivity contribution is 6.30. The third kappa shape index (κ3) is 6.21. The zero-order valence-corrected chi connectivity index (χ0v) is 32.4. The first-order valence-electron chi connectivity index (χ1n) is 19.5. The van der Waals surface area contributed by atoms with Crippen LogP contribution in [0.3, 0.4) is 0 Å². The van der Waals surface area contributed by atoms with Crippen molar-refractivity contribution in [2.24, 2.45) is 0 Å². The van der Waals surface area contributed by atoms with Crippen molar-refractivity contribution in [1.29, 1.82) is 0 Å². The third-order valence-corrected chi connectivity index (χ3v) is 11.9. The van der Waals surface area contributed by atoms with Crippen molar-refractivity contribution in [1.82, 2.24) is 0 Å². The van der Waals surface area contributed by atoms with E-state index in [9.17, 15) is 26.3 Å². The van der Waals surface area contributed by atoms with Gasteiger partial charge >= 0.3 is 12.4 Å². The quantitative estimate of drug-likeness (QED) is 0.117. The monoisotopic (exact) mass is 782 g/mol. The lowest BCUT2D eigenvalue weighted by molar-refractivity contribution is -0.138. The fourth-order valence-electron chi connectivity index (χ4n) is 8.94. The van der Waals surface area contributed by atoms with E-state index in [-0.39, 0.29) is 11.3 Å². The number of alkyl halides is 6. The molecule has 0 aromatic heterocycles. The topological polar surface area (TPSA) is 6.48 Å². The minimum Gasteiger partial charge on any atom is -0.310 e. The SMILES string of the molecule is CC(C)c1cc(N(c2ccccc2)c2ccc(C(F)(F)F)cc2)c2cc3c4c(cc(N(c5ccccc5)c5ccc(C(F)(F)F)cc5)c5ccc1c2c54)CCC3(C)C. The van der Waals surface area contributed by atoms with Gasteiger partial charge in [0.2, 0.25) is 0 Å². The smallest absolute Gasteiger partial charge is 0.310 e. The van der Waals surface area contributed by atoms with Crippen LogP contribution < -0.4 is 9.80 Å². The molecule has 1 aliphatic rings. The molecule has 1 aliphatic carbocycles. The molecule has 0 atom stereocenters. The Bertz CT molecular complexity index is 2790. The van der Waals surface area contributed by atoms with Crippen LogP contribution in [0.1, 0.15) is 67.9 Å². The summed E-state index contributed by atoms with van der Waals surface area (Å²) in [5.74, 6) is 0.0873. The maximum absolute atomic E-state index is 13.9. The second-order valence-corrected chi connectivity index (χ2v) is 16.3. The van der Waals surface area contributed by atoms with Crippen LogP contribution in [0.4, 0.5) is 60.5 Å². The van der Waals surface area contributed by atoms with E-state index in [1.165, 1.54) is 40.8 Å². The van der Waals surface area contributed by atoms with Crippen LogP contribution in [0.15, 0.2) is 140 Å². The van der Waals surface area contributed by atoms with E-state index < -0.39 is 23.5 Å². The molecule has 8 heteroatoms. The van der Waals surface area contributed by atoms with Gasteiger partial charge in [-0.2, -0.15) is 26.3 Å². The lowest BCUT2D eigenvalue weighted by atomic mass is 9.70. The maximum atomic E-state index is 13.9. The minimum absolute atomic E-state index is 0.0873. The van der Waals surface area contributed by atoms with Crippen LogP contribution in [0.25, 0.3) is 32.3 Å². The third-order valence-electron chi connectivity index (χ3n) is 11.9. The fourth-order valence-corrected chi connectivity index (χ4v) is 8.94. The van der Waals surface area contributed by atoms with Gasteiger partial charge in [0.25, 0.3) is 0 Å². The molecule has 0 spiro atoms. The molecule has 0 aliphatic heterocycles. The van der Waals surface area contributed by atoms with E-state index >= 15 is 0 Å². The highest BCUT2D eigenvalue weighted by Gasteiger charge is 2.35. The van der Waals surface area contributed by atoms with Gasteiger partial charge in [-0.25, -0.2) is 0 Å². The van der Waals surface area contributed by atoms with Crippen LogP contribution >= 0.6 is 0 Å². The molecule has 0 saturated carbocycles. The molecule has 8 aromatic rings. The van der Waals surface area contributed by atoms with Crippen molar-refractivity contribution < 1.29 is 26.3 Å². The van der Waals surface area contributed by atoms with Crippen LogP contribution in [-0.4, -0.2) is 0 Å². The van der Waals surface area contributed by atoms with Gasteiger partial charge in [-0.15, -0.1) is 0 Å². The summed E-state index contributed by atoms with van der Waals surface area (Å²) in [5.41, 5.74) is 6.30. The Morgan fingerprint density at radius 3 is 1.45 bits per heavy atom. The number of aryl methyl sites for hydroxylation is 1. The molecule has 292 valence electrons. The Morgan fingerprint density at radius 2 is 0.966 bits per heavy atom. The van der Waals surface area contributed by atoms with E-state index in [1.54, 1.807) is 0 Å². The highest BCUT2D eigenvalue weighted by Crippen LogP contribution is 2.54. The van der Waals surface area contributed by atoms with Gasteiger partial charge in [0.1, 0.15) is 0 Å². The Morgan fingerprint density at radius 1 is 0.500 bits per heavy atom. The largest absolute Gasteiger partial charge is 0.416 e. The van der Waals surface area contributed by atoms with Gasteiger partial charge in [0.05, 0.1) is 22.5 Å². The average molecular weight is 783 g/mol. The number of hydrogen-bond acceptors (Lipinski definition) is 2. The predicted molar refractivity (Wildman–Crippen MR) is 225 cm³/mol. The molecule has 2 nitrogen and oxygen atoms in total. The van der Waals surface area contributed by atoms with Crippen LogP contribution in [-0.2, 0) is 24.2 Å². The summed E-state index contributed by atoms with van der Waals surface area (Å²) in [7, 11) is 0. The number of para-hydroxylation sites is 2. The number of benzene rings is 8. The summed E-state index contributed by atoms with van der Waals surface area (Å²) < 4.78 is 83.0. The van der Waals surface area contributed by atoms with Crippen LogP contribution in [0.5, 0.6) is 0 Å². The van der Waals surface area contributed by atoms with Gasteiger partial charge in [-0.1, -0.05) is 76.2 Å².